The van der Waals surface area contributed by atoms with Crippen LogP contribution in [0.4, 0.5) is 0 Å². The lowest BCUT2D eigenvalue weighted by atomic mass is 9.93. The first-order valence-electron chi connectivity index (χ1n) is 22.9. The van der Waals surface area contributed by atoms with Crippen LogP contribution in [0.1, 0.15) is 76.8 Å². The van der Waals surface area contributed by atoms with E-state index >= 15 is 0 Å². The molecule has 0 radical (unpaired) electrons. The monoisotopic (exact) mass is 887 g/mol. The highest BCUT2D eigenvalue weighted by molar-refractivity contribution is 5.97. The molecule has 8 rings (SSSR count). The fourth-order valence-electron chi connectivity index (χ4n) is 10.1. The lowest BCUT2D eigenvalue weighted by molar-refractivity contribution is -0.154. The summed E-state index contributed by atoms with van der Waals surface area (Å²) in [6, 6.07) is 15.7. The van der Waals surface area contributed by atoms with E-state index in [0.717, 1.165) is 50.1 Å². The SMILES string of the molecule is C=CC(=O)N1CCC2(C1)OCN([C@H](C(=O)NC1Cc3cccc(c3)-c3ccc4c(c3)c(c(-c3cccnc3[C@H](C)OC)n4CC)CC(C)COC(=O)[C@@H]3CCCN(N3)C1=O)C(C)C)C2=O. The average Bonchev–Trinajstić information content (AvgIpc) is 3.99. The van der Waals surface area contributed by atoms with Crippen molar-refractivity contribution in [3.05, 3.63) is 90.3 Å². The topological polar surface area (TPSA) is 165 Å². The van der Waals surface area contributed by atoms with Crippen molar-refractivity contribution in [1.82, 2.24) is 35.1 Å². The van der Waals surface area contributed by atoms with Gasteiger partial charge in [-0.05, 0) is 97.5 Å². The molecule has 4 amide bonds. The Labute approximate surface area is 380 Å². The predicted molar refractivity (Wildman–Crippen MR) is 245 cm³/mol. The molecule has 1 spiro atoms. The van der Waals surface area contributed by atoms with Gasteiger partial charge >= 0.3 is 5.97 Å². The molecule has 15 nitrogen and oxygen atoms in total. The fraction of sp³-hybridized carbons (Fsp3) is 0.480. The highest BCUT2D eigenvalue weighted by Crippen LogP contribution is 2.41. The number of hydrogen-bond acceptors (Lipinski definition) is 10. The summed E-state index contributed by atoms with van der Waals surface area (Å²) in [7, 11) is 1.69. The molecule has 2 aromatic heterocycles. The number of cyclic esters (lactones) is 1. The second-order valence-electron chi connectivity index (χ2n) is 18.3. The maximum Gasteiger partial charge on any atom is 0.324 e. The van der Waals surface area contributed by atoms with Crippen molar-refractivity contribution < 1.29 is 38.2 Å². The maximum absolute atomic E-state index is 14.7. The van der Waals surface area contributed by atoms with Crippen LogP contribution in [0.15, 0.2) is 73.4 Å². The Bertz CT molecular complexity index is 2500. The van der Waals surface area contributed by atoms with Gasteiger partial charge in [-0.25, -0.2) is 5.43 Å². The minimum atomic E-state index is -1.25. The number of aryl methyl sites for hydroxylation is 1. The van der Waals surface area contributed by atoms with Crippen LogP contribution < -0.4 is 10.7 Å². The Morgan fingerprint density at radius 1 is 1.06 bits per heavy atom. The minimum absolute atomic E-state index is 0.0686. The van der Waals surface area contributed by atoms with Crippen LogP contribution in [0.25, 0.3) is 33.3 Å². The van der Waals surface area contributed by atoms with E-state index in [4.69, 9.17) is 19.2 Å². The second kappa shape index (κ2) is 18.9. The molecule has 344 valence electrons. The van der Waals surface area contributed by atoms with Gasteiger partial charge in [0.2, 0.25) is 11.8 Å². The summed E-state index contributed by atoms with van der Waals surface area (Å²) in [5.41, 5.74) is 9.69. The Morgan fingerprint density at radius 3 is 2.62 bits per heavy atom. The molecule has 15 heteroatoms. The van der Waals surface area contributed by atoms with Crippen LogP contribution in [0.3, 0.4) is 0 Å². The Balaban J connectivity index is 1.17. The summed E-state index contributed by atoms with van der Waals surface area (Å²) in [4.78, 5) is 77.4. The molecule has 4 aliphatic rings. The summed E-state index contributed by atoms with van der Waals surface area (Å²) >= 11 is 0. The van der Waals surface area contributed by atoms with Crippen molar-refractivity contribution in [2.45, 2.75) is 103 Å². The maximum atomic E-state index is 14.7. The number of rotatable bonds is 9. The van der Waals surface area contributed by atoms with Crippen molar-refractivity contribution in [2.75, 3.05) is 40.1 Å². The predicted octanol–water partition coefficient (Wildman–Crippen LogP) is 5.35. The molecule has 2 N–H and O–H groups in total. The standard InChI is InChI=1S/C50H61N7O8/c1-8-42(58)54-22-19-50(28-54)49(62)56(29-65-50)44(30(3)4)46(59)52-40-25-33-13-10-14-34(24-33)35-17-18-41-37(26-35)38(45(55(41)9-2)36-15-11-20-51-43(36)32(6)63-7)23-31(5)27-64-48(61)39-16-12-21-57(53-39)47(40)60/h8,10-11,13-15,17-18,20,24,26,30-32,39-40,44,53H,1,9,12,16,19,21-23,25,27-29H2,2-7H3,(H,52,59)/t31?,32-,39-,40?,44-,50?/m0/s1. The molecule has 4 aliphatic heterocycles. The number of fused-ring (bicyclic) bond motifs is 6. The molecule has 6 atom stereocenters. The number of esters is 1. The van der Waals surface area contributed by atoms with Crippen molar-refractivity contribution in [2.24, 2.45) is 11.8 Å². The van der Waals surface area contributed by atoms with E-state index in [-0.39, 0.29) is 56.1 Å². The summed E-state index contributed by atoms with van der Waals surface area (Å²) in [6.07, 6.45) is 4.82. The first-order chi connectivity index (χ1) is 31.3. The van der Waals surface area contributed by atoms with Gasteiger partial charge in [-0.1, -0.05) is 57.7 Å². The lowest BCUT2D eigenvalue weighted by Crippen LogP contribution is -2.62. The lowest BCUT2D eigenvalue weighted by Gasteiger charge is -2.36. The molecule has 2 aromatic carbocycles. The molecule has 65 heavy (non-hydrogen) atoms. The third-order valence-electron chi connectivity index (χ3n) is 13.5. The summed E-state index contributed by atoms with van der Waals surface area (Å²) in [6.45, 7) is 14.9. The molecule has 0 saturated carbocycles. The summed E-state index contributed by atoms with van der Waals surface area (Å²) in [5, 5.41) is 5.55. The molecule has 3 fully saturated rings. The number of amides is 4. The number of ether oxygens (including phenoxy) is 3. The molecular formula is C50H61N7O8. The number of carbonyl (C=O) groups excluding carboxylic acids is 5. The van der Waals surface area contributed by atoms with Gasteiger partial charge < -0.3 is 33.9 Å². The van der Waals surface area contributed by atoms with Gasteiger partial charge in [0.15, 0.2) is 5.60 Å². The first-order valence-corrected chi connectivity index (χ1v) is 22.9. The van der Waals surface area contributed by atoms with E-state index in [1.54, 1.807) is 13.3 Å². The van der Waals surface area contributed by atoms with Gasteiger partial charge in [0, 0.05) is 62.2 Å². The van der Waals surface area contributed by atoms with E-state index in [9.17, 15) is 24.0 Å². The normalized spacial score (nSPS) is 23.8. The summed E-state index contributed by atoms with van der Waals surface area (Å²) < 4.78 is 20.3. The second-order valence-corrected chi connectivity index (χ2v) is 18.3. The van der Waals surface area contributed by atoms with Crippen LogP contribution in [-0.4, -0.2) is 118 Å². The number of pyridine rings is 1. The molecule has 6 bridgehead atoms. The number of benzene rings is 2. The number of hydrogen-bond donors (Lipinski definition) is 2. The zero-order chi connectivity index (χ0) is 46.2. The molecular weight excluding hydrogens is 827 g/mol. The smallest absolute Gasteiger partial charge is 0.324 e. The van der Waals surface area contributed by atoms with E-state index in [1.807, 2.05) is 45.0 Å². The zero-order valence-corrected chi connectivity index (χ0v) is 38.3. The Kier molecular flexibility index (Phi) is 13.3. The van der Waals surface area contributed by atoms with Crippen LogP contribution in [0, 0.1) is 11.8 Å². The van der Waals surface area contributed by atoms with Gasteiger partial charge in [0.1, 0.15) is 24.9 Å². The van der Waals surface area contributed by atoms with Gasteiger partial charge in [-0.3, -0.25) is 34.0 Å². The quantitative estimate of drug-likeness (QED) is 0.165. The highest BCUT2D eigenvalue weighted by Gasteiger charge is 2.56. The average molecular weight is 888 g/mol. The Morgan fingerprint density at radius 2 is 1.86 bits per heavy atom. The van der Waals surface area contributed by atoms with Gasteiger partial charge in [-0.2, -0.15) is 0 Å². The van der Waals surface area contributed by atoms with Crippen LogP contribution in [0.5, 0.6) is 0 Å². The minimum Gasteiger partial charge on any atom is -0.464 e. The van der Waals surface area contributed by atoms with Gasteiger partial charge in [0.25, 0.3) is 11.8 Å². The zero-order valence-electron chi connectivity index (χ0n) is 38.3. The van der Waals surface area contributed by atoms with Gasteiger partial charge in [0.05, 0.1) is 30.6 Å². The van der Waals surface area contributed by atoms with Crippen LogP contribution in [0.2, 0.25) is 0 Å². The van der Waals surface area contributed by atoms with Crippen molar-refractivity contribution in [3.63, 3.8) is 0 Å². The third kappa shape index (κ3) is 8.81. The number of likely N-dealkylation sites (tertiary alicyclic amines) is 1. The van der Waals surface area contributed by atoms with Crippen molar-refractivity contribution >= 4 is 40.5 Å². The molecule has 0 aliphatic carbocycles. The number of nitrogens with zero attached hydrogens (tertiary/aromatic N) is 5. The van der Waals surface area contributed by atoms with Crippen molar-refractivity contribution in [1.29, 1.82) is 0 Å². The number of carbonyl (C=O) groups is 5. The molecule has 4 aromatic rings. The van der Waals surface area contributed by atoms with E-state index < -0.39 is 41.5 Å². The summed E-state index contributed by atoms with van der Waals surface area (Å²) in [5.74, 6) is -2.45. The largest absolute Gasteiger partial charge is 0.464 e. The molecule has 3 unspecified atom stereocenters. The first kappa shape index (κ1) is 45.7. The number of nitrogens with one attached hydrogen (secondary N) is 2. The van der Waals surface area contributed by atoms with E-state index in [1.165, 1.54) is 20.9 Å². The number of aromatic nitrogens is 2. The fourth-order valence-corrected chi connectivity index (χ4v) is 10.1. The van der Waals surface area contributed by atoms with E-state index in [0.29, 0.717) is 45.3 Å². The molecule has 3 saturated heterocycles. The van der Waals surface area contributed by atoms with Gasteiger partial charge in [-0.15, -0.1) is 0 Å². The third-order valence-corrected chi connectivity index (χ3v) is 13.5. The highest BCUT2D eigenvalue weighted by atomic mass is 16.5. The van der Waals surface area contributed by atoms with Crippen LogP contribution in [-0.2, 0) is 57.6 Å². The number of methoxy groups -OCH3 is 1. The molecule has 6 heterocycles. The van der Waals surface area contributed by atoms with Crippen LogP contribution >= 0.6 is 0 Å². The number of hydrazine groups is 1. The van der Waals surface area contributed by atoms with Crippen molar-refractivity contribution in [3.8, 4) is 22.4 Å². The Hall–Kier alpha value is -5.90. The van der Waals surface area contributed by atoms with E-state index in [2.05, 4.69) is 66.1 Å².